The summed E-state index contributed by atoms with van der Waals surface area (Å²) in [6, 6.07) is 0.430. The Kier molecular flexibility index (Phi) is 6.45. The van der Waals surface area contributed by atoms with Gasteiger partial charge >= 0.3 is 0 Å². The molecule has 8 heteroatoms. The summed E-state index contributed by atoms with van der Waals surface area (Å²) in [6.07, 6.45) is 6.12. The van der Waals surface area contributed by atoms with Gasteiger partial charge in [0.05, 0.1) is 18.4 Å². The lowest BCUT2D eigenvalue weighted by atomic mass is 10.1. The van der Waals surface area contributed by atoms with Crippen LogP contribution in [0.1, 0.15) is 26.7 Å². The van der Waals surface area contributed by atoms with Crippen molar-refractivity contribution in [1.82, 2.24) is 25.7 Å². The van der Waals surface area contributed by atoms with Crippen LogP contribution in [-0.2, 0) is 11.8 Å². The minimum Gasteiger partial charge on any atom is -0.367 e. The first-order chi connectivity index (χ1) is 11.5. The van der Waals surface area contributed by atoms with E-state index >= 15 is 0 Å². The molecular weight excluding hydrogens is 306 g/mol. The molecule has 2 rings (SSSR count). The molecule has 1 fully saturated rings. The summed E-state index contributed by atoms with van der Waals surface area (Å²) in [5, 5.41) is 13.6. The summed E-state index contributed by atoms with van der Waals surface area (Å²) >= 11 is 0. The van der Waals surface area contributed by atoms with E-state index in [2.05, 4.69) is 30.9 Å². The number of amides is 1. The van der Waals surface area contributed by atoms with Crippen molar-refractivity contribution >= 4 is 17.6 Å². The largest absolute Gasteiger partial charge is 0.367 e. The second-order valence-corrected chi connectivity index (χ2v) is 6.45. The van der Waals surface area contributed by atoms with Crippen molar-refractivity contribution in [2.24, 2.45) is 12.0 Å². The Balaban J connectivity index is 1.83. The Labute approximate surface area is 143 Å². The van der Waals surface area contributed by atoms with Gasteiger partial charge in [0.15, 0.2) is 5.96 Å². The van der Waals surface area contributed by atoms with Crippen LogP contribution < -0.4 is 20.9 Å². The summed E-state index contributed by atoms with van der Waals surface area (Å²) in [6.45, 7) is 6.04. The average Bonchev–Trinajstić information content (AvgIpc) is 2.97. The van der Waals surface area contributed by atoms with Crippen molar-refractivity contribution < 1.29 is 4.79 Å². The SMILES string of the molecule is CN=C(NCC(=O)NC(C)C)NC1CCCN(c2cnn(C)c2)C1. The van der Waals surface area contributed by atoms with Crippen LogP contribution in [0.3, 0.4) is 0 Å². The van der Waals surface area contributed by atoms with Crippen LogP contribution in [0, 0.1) is 0 Å². The number of nitrogens with one attached hydrogen (secondary N) is 3. The second-order valence-electron chi connectivity index (χ2n) is 6.45. The predicted molar refractivity (Wildman–Crippen MR) is 96.2 cm³/mol. The van der Waals surface area contributed by atoms with Crippen molar-refractivity contribution in [3.63, 3.8) is 0 Å². The van der Waals surface area contributed by atoms with Gasteiger partial charge in [0.2, 0.25) is 5.91 Å². The van der Waals surface area contributed by atoms with Crippen molar-refractivity contribution in [2.45, 2.75) is 38.8 Å². The van der Waals surface area contributed by atoms with Gasteiger partial charge < -0.3 is 20.9 Å². The smallest absolute Gasteiger partial charge is 0.239 e. The second kappa shape index (κ2) is 8.56. The molecule has 0 aliphatic carbocycles. The van der Waals surface area contributed by atoms with Crippen molar-refractivity contribution in [2.75, 3.05) is 31.6 Å². The van der Waals surface area contributed by atoms with E-state index in [9.17, 15) is 4.79 Å². The van der Waals surface area contributed by atoms with E-state index in [1.54, 1.807) is 7.05 Å². The number of aryl methyl sites for hydroxylation is 1. The molecule has 3 N–H and O–H groups in total. The maximum Gasteiger partial charge on any atom is 0.239 e. The summed E-state index contributed by atoms with van der Waals surface area (Å²) in [4.78, 5) is 18.3. The fourth-order valence-corrected chi connectivity index (χ4v) is 2.83. The molecule has 1 saturated heterocycles. The summed E-state index contributed by atoms with van der Waals surface area (Å²) < 4.78 is 1.82. The molecule has 0 spiro atoms. The van der Waals surface area contributed by atoms with Gasteiger partial charge in [-0.1, -0.05) is 0 Å². The summed E-state index contributed by atoms with van der Waals surface area (Å²) in [7, 11) is 3.65. The number of anilines is 1. The quantitative estimate of drug-likeness (QED) is 0.524. The van der Waals surface area contributed by atoms with Gasteiger partial charge in [-0.2, -0.15) is 5.10 Å². The number of aliphatic imine (C=N–C) groups is 1. The zero-order chi connectivity index (χ0) is 17.5. The normalized spacial score (nSPS) is 18.6. The summed E-state index contributed by atoms with van der Waals surface area (Å²) in [5.74, 6) is 0.625. The van der Waals surface area contributed by atoms with E-state index in [4.69, 9.17) is 0 Å². The van der Waals surface area contributed by atoms with Crippen molar-refractivity contribution in [3.05, 3.63) is 12.4 Å². The van der Waals surface area contributed by atoms with E-state index in [-0.39, 0.29) is 18.5 Å². The lowest BCUT2D eigenvalue weighted by molar-refractivity contribution is -0.120. The van der Waals surface area contributed by atoms with E-state index in [0.717, 1.165) is 31.6 Å². The maximum atomic E-state index is 11.7. The van der Waals surface area contributed by atoms with E-state index < -0.39 is 0 Å². The van der Waals surface area contributed by atoms with Gasteiger partial charge in [-0.15, -0.1) is 0 Å². The predicted octanol–water partition coefficient (Wildman–Crippen LogP) is 0.0785. The minimum atomic E-state index is -0.0337. The Morgan fingerprint density at radius 3 is 2.92 bits per heavy atom. The Hall–Kier alpha value is -2.25. The Morgan fingerprint density at radius 2 is 2.29 bits per heavy atom. The van der Waals surface area contributed by atoms with Crippen LogP contribution in [0.15, 0.2) is 17.4 Å². The Morgan fingerprint density at radius 1 is 1.50 bits per heavy atom. The highest BCUT2D eigenvalue weighted by Crippen LogP contribution is 2.18. The third kappa shape index (κ3) is 5.43. The standard InChI is InChI=1S/C16H29N7O/c1-12(2)20-15(24)9-18-16(17-3)21-13-6-5-7-23(10-13)14-8-19-22(4)11-14/h8,11-13H,5-7,9-10H2,1-4H3,(H,20,24)(H2,17,18,21). The molecule has 0 saturated carbocycles. The van der Waals surface area contributed by atoms with E-state index in [0.29, 0.717) is 12.0 Å². The van der Waals surface area contributed by atoms with Crippen LogP contribution in [0.2, 0.25) is 0 Å². The lowest BCUT2D eigenvalue weighted by Crippen LogP contribution is -2.52. The van der Waals surface area contributed by atoms with Crippen molar-refractivity contribution in [1.29, 1.82) is 0 Å². The fraction of sp³-hybridized carbons (Fsp3) is 0.688. The van der Waals surface area contributed by atoms with Crippen LogP contribution in [-0.4, -0.2) is 60.4 Å². The van der Waals surface area contributed by atoms with E-state index in [1.165, 1.54) is 0 Å². The average molecular weight is 335 g/mol. The van der Waals surface area contributed by atoms with Gasteiger partial charge in [0.1, 0.15) is 0 Å². The minimum absolute atomic E-state index is 0.0337. The number of hydrogen-bond acceptors (Lipinski definition) is 4. The van der Waals surface area contributed by atoms with Crippen molar-refractivity contribution in [3.8, 4) is 0 Å². The molecule has 134 valence electrons. The zero-order valence-electron chi connectivity index (χ0n) is 15.0. The van der Waals surface area contributed by atoms with Gasteiger partial charge in [0, 0.05) is 45.5 Å². The molecule has 1 amide bonds. The first-order valence-electron chi connectivity index (χ1n) is 8.48. The first-order valence-corrected chi connectivity index (χ1v) is 8.48. The number of guanidine groups is 1. The topological polar surface area (TPSA) is 86.6 Å². The number of carbonyl (C=O) groups excluding carboxylic acids is 1. The van der Waals surface area contributed by atoms with Crippen LogP contribution in [0.4, 0.5) is 5.69 Å². The maximum absolute atomic E-state index is 11.7. The highest BCUT2D eigenvalue weighted by molar-refractivity contribution is 5.86. The van der Waals surface area contributed by atoms with Crippen LogP contribution in [0.25, 0.3) is 0 Å². The third-order valence-electron chi connectivity index (χ3n) is 3.91. The molecule has 1 unspecified atom stereocenters. The molecule has 1 atom stereocenters. The molecule has 1 aliphatic rings. The monoisotopic (exact) mass is 335 g/mol. The molecule has 0 bridgehead atoms. The molecule has 0 aromatic carbocycles. The number of piperidine rings is 1. The number of nitrogens with zero attached hydrogens (tertiary/aromatic N) is 4. The Bertz CT molecular complexity index is 567. The third-order valence-corrected chi connectivity index (χ3v) is 3.91. The fourth-order valence-electron chi connectivity index (χ4n) is 2.83. The molecule has 1 aliphatic heterocycles. The molecule has 1 aromatic rings. The van der Waals surface area contributed by atoms with Crippen LogP contribution >= 0.6 is 0 Å². The molecule has 0 radical (unpaired) electrons. The van der Waals surface area contributed by atoms with Gasteiger partial charge in [-0.05, 0) is 26.7 Å². The number of hydrogen-bond donors (Lipinski definition) is 3. The molecule has 24 heavy (non-hydrogen) atoms. The highest BCUT2D eigenvalue weighted by Gasteiger charge is 2.21. The molecular formula is C16H29N7O. The van der Waals surface area contributed by atoms with Crippen LogP contribution in [0.5, 0.6) is 0 Å². The first kappa shape index (κ1) is 18.1. The van der Waals surface area contributed by atoms with Gasteiger partial charge in [-0.3, -0.25) is 14.5 Å². The number of carbonyl (C=O) groups is 1. The summed E-state index contributed by atoms with van der Waals surface area (Å²) in [5.41, 5.74) is 1.14. The highest BCUT2D eigenvalue weighted by atomic mass is 16.2. The molecule has 8 nitrogen and oxygen atoms in total. The molecule has 1 aromatic heterocycles. The van der Waals surface area contributed by atoms with Gasteiger partial charge in [-0.25, -0.2) is 0 Å². The zero-order valence-corrected chi connectivity index (χ0v) is 15.0. The van der Waals surface area contributed by atoms with E-state index in [1.807, 2.05) is 38.0 Å². The number of aromatic nitrogens is 2. The van der Waals surface area contributed by atoms with Gasteiger partial charge in [0.25, 0.3) is 0 Å². The molecule has 2 heterocycles. The lowest BCUT2D eigenvalue weighted by Gasteiger charge is -2.34. The number of rotatable bonds is 5.